The first kappa shape index (κ1) is 17.2. The van der Waals surface area contributed by atoms with Crippen LogP contribution < -0.4 is 0 Å². The number of benzene rings is 2. The average molecular weight is 323 g/mol. The zero-order valence-electron chi connectivity index (χ0n) is 14.7. The largest absolute Gasteiger partial charge is 0.379 e. The molecule has 2 aromatic carbocycles. The summed E-state index contributed by atoms with van der Waals surface area (Å²) in [7, 11) is 0. The molecule has 0 spiro atoms. The first-order valence-electron chi connectivity index (χ1n) is 9.28. The highest BCUT2D eigenvalue weighted by molar-refractivity contribution is 5.17. The van der Waals surface area contributed by atoms with E-state index in [2.05, 4.69) is 72.5 Å². The molecule has 0 aliphatic heterocycles. The summed E-state index contributed by atoms with van der Waals surface area (Å²) in [5.74, 6) is 0. The molecule has 0 N–H and O–H groups in total. The van der Waals surface area contributed by atoms with Crippen LogP contribution in [-0.4, -0.2) is 23.7 Å². The van der Waals surface area contributed by atoms with Gasteiger partial charge in [-0.25, -0.2) is 0 Å². The van der Waals surface area contributed by atoms with Gasteiger partial charge in [-0.1, -0.05) is 60.7 Å². The second-order valence-electron chi connectivity index (χ2n) is 6.76. The van der Waals surface area contributed by atoms with E-state index in [1.807, 2.05) is 0 Å². The van der Waals surface area contributed by atoms with Crippen LogP contribution in [0.15, 0.2) is 60.7 Å². The van der Waals surface area contributed by atoms with Gasteiger partial charge >= 0.3 is 0 Å². The number of rotatable bonds is 7. The molecule has 1 fully saturated rings. The molecule has 2 heteroatoms. The molecule has 2 aromatic rings. The fourth-order valence-electron chi connectivity index (χ4n) is 3.76. The third kappa shape index (κ3) is 4.93. The Balaban J connectivity index is 1.67. The van der Waals surface area contributed by atoms with Gasteiger partial charge in [-0.2, -0.15) is 0 Å². The highest BCUT2D eigenvalue weighted by Gasteiger charge is 2.26. The minimum absolute atomic E-state index is 0.474. The molecule has 24 heavy (non-hydrogen) atoms. The molecule has 2 nitrogen and oxygen atoms in total. The van der Waals surface area contributed by atoms with Gasteiger partial charge in [-0.3, -0.25) is 4.90 Å². The lowest BCUT2D eigenvalue weighted by Gasteiger charge is -2.37. The van der Waals surface area contributed by atoms with Crippen LogP contribution in [0.1, 0.15) is 43.7 Å². The predicted molar refractivity (Wildman–Crippen MR) is 99.8 cm³/mol. The first-order valence-corrected chi connectivity index (χ1v) is 9.28. The van der Waals surface area contributed by atoms with Crippen molar-refractivity contribution in [3.05, 3.63) is 71.8 Å². The van der Waals surface area contributed by atoms with E-state index in [1.54, 1.807) is 0 Å². The Kier molecular flexibility index (Phi) is 6.45. The molecular formula is C22H29NO. The van der Waals surface area contributed by atoms with Gasteiger partial charge < -0.3 is 4.74 Å². The highest BCUT2D eigenvalue weighted by Crippen LogP contribution is 2.27. The van der Waals surface area contributed by atoms with E-state index in [-0.39, 0.29) is 0 Å². The highest BCUT2D eigenvalue weighted by atomic mass is 16.5. The summed E-state index contributed by atoms with van der Waals surface area (Å²) >= 11 is 0. The summed E-state index contributed by atoms with van der Waals surface area (Å²) in [5, 5.41) is 0. The van der Waals surface area contributed by atoms with Crippen molar-refractivity contribution < 1.29 is 4.74 Å². The second kappa shape index (κ2) is 9.00. The van der Waals surface area contributed by atoms with Gasteiger partial charge in [0.15, 0.2) is 0 Å². The Labute approximate surface area is 146 Å². The first-order chi connectivity index (χ1) is 11.8. The Morgan fingerprint density at radius 3 is 1.75 bits per heavy atom. The van der Waals surface area contributed by atoms with E-state index in [0.29, 0.717) is 12.1 Å². The minimum Gasteiger partial charge on any atom is -0.379 e. The number of hydrogen-bond acceptors (Lipinski definition) is 2. The van der Waals surface area contributed by atoms with Crippen molar-refractivity contribution in [1.82, 2.24) is 4.90 Å². The van der Waals surface area contributed by atoms with E-state index >= 15 is 0 Å². The molecule has 0 amide bonds. The van der Waals surface area contributed by atoms with Gasteiger partial charge in [0.2, 0.25) is 0 Å². The lowest BCUT2D eigenvalue weighted by atomic mass is 9.91. The van der Waals surface area contributed by atoms with Crippen LogP contribution in [0.3, 0.4) is 0 Å². The minimum atomic E-state index is 0.474. The summed E-state index contributed by atoms with van der Waals surface area (Å²) in [4.78, 5) is 2.66. The SMILES string of the molecule is CCO[C@H]1CC[C@H](N(Cc2ccccc2)Cc2ccccc2)CC1. The fourth-order valence-corrected chi connectivity index (χ4v) is 3.76. The summed E-state index contributed by atoms with van der Waals surface area (Å²) in [6.07, 6.45) is 5.34. The third-order valence-electron chi connectivity index (χ3n) is 5.02. The fraction of sp³-hybridized carbons (Fsp3) is 0.455. The van der Waals surface area contributed by atoms with Crippen molar-refractivity contribution in [2.75, 3.05) is 6.61 Å². The van der Waals surface area contributed by atoms with Gasteiger partial charge in [0, 0.05) is 25.7 Å². The molecule has 0 atom stereocenters. The van der Waals surface area contributed by atoms with Crippen molar-refractivity contribution in [1.29, 1.82) is 0 Å². The third-order valence-corrected chi connectivity index (χ3v) is 5.02. The lowest BCUT2D eigenvalue weighted by molar-refractivity contribution is 0.0105. The van der Waals surface area contributed by atoms with Crippen LogP contribution in [0.25, 0.3) is 0 Å². The number of nitrogens with zero attached hydrogens (tertiary/aromatic N) is 1. The van der Waals surface area contributed by atoms with Crippen LogP contribution >= 0.6 is 0 Å². The lowest BCUT2D eigenvalue weighted by Crippen LogP contribution is -2.38. The number of ether oxygens (including phenoxy) is 1. The molecule has 3 rings (SSSR count). The summed E-state index contributed by atoms with van der Waals surface area (Å²) < 4.78 is 5.83. The Morgan fingerprint density at radius 2 is 1.29 bits per heavy atom. The Bertz CT molecular complexity index is 534. The van der Waals surface area contributed by atoms with Crippen LogP contribution in [0, 0.1) is 0 Å². The summed E-state index contributed by atoms with van der Waals surface area (Å²) in [6, 6.07) is 22.4. The van der Waals surface area contributed by atoms with Crippen LogP contribution in [0.2, 0.25) is 0 Å². The molecule has 0 unspecified atom stereocenters. The second-order valence-corrected chi connectivity index (χ2v) is 6.76. The number of hydrogen-bond donors (Lipinski definition) is 0. The molecule has 0 radical (unpaired) electrons. The van der Waals surface area contributed by atoms with Gasteiger partial charge in [0.05, 0.1) is 6.10 Å². The van der Waals surface area contributed by atoms with Crippen molar-refractivity contribution in [2.45, 2.75) is 57.8 Å². The monoisotopic (exact) mass is 323 g/mol. The van der Waals surface area contributed by atoms with Crippen molar-refractivity contribution >= 4 is 0 Å². The van der Waals surface area contributed by atoms with Gasteiger partial charge in [0.1, 0.15) is 0 Å². The Morgan fingerprint density at radius 1 is 0.792 bits per heavy atom. The topological polar surface area (TPSA) is 12.5 Å². The Hall–Kier alpha value is -1.64. The maximum atomic E-state index is 5.83. The zero-order valence-corrected chi connectivity index (χ0v) is 14.7. The van der Waals surface area contributed by atoms with Crippen LogP contribution in [-0.2, 0) is 17.8 Å². The average Bonchev–Trinajstić information content (AvgIpc) is 2.64. The van der Waals surface area contributed by atoms with E-state index in [0.717, 1.165) is 19.7 Å². The molecule has 1 saturated carbocycles. The summed E-state index contributed by atoms with van der Waals surface area (Å²) in [5.41, 5.74) is 2.81. The van der Waals surface area contributed by atoms with E-state index in [9.17, 15) is 0 Å². The molecule has 0 saturated heterocycles. The van der Waals surface area contributed by atoms with E-state index < -0.39 is 0 Å². The zero-order chi connectivity index (χ0) is 16.6. The van der Waals surface area contributed by atoms with Crippen LogP contribution in [0.5, 0.6) is 0 Å². The van der Waals surface area contributed by atoms with E-state index in [1.165, 1.54) is 36.8 Å². The molecule has 128 valence electrons. The van der Waals surface area contributed by atoms with Crippen LogP contribution in [0.4, 0.5) is 0 Å². The van der Waals surface area contributed by atoms with E-state index in [4.69, 9.17) is 4.74 Å². The van der Waals surface area contributed by atoms with Crippen molar-refractivity contribution in [3.63, 3.8) is 0 Å². The normalized spacial score (nSPS) is 21.1. The maximum Gasteiger partial charge on any atom is 0.0576 e. The molecule has 1 aliphatic rings. The summed E-state index contributed by atoms with van der Waals surface area (Å²) in [6.45, 7) is 5.00. The standard InChI is InChI=1S/C22H29NO/c1-2-24-22-15-13-21(14-16-22)23(17-19-9-5-3-6-10-19)18-20-11-7-4-8-12-20/h3-12,21-22H,2,13-18H2,1H3/t21-,22-. The molecule has 0 heterocycles. The molecule has 0 aromatic heterocycles. The molecule has 0 bridgehead atoms. The molecule has 1 aliphatic carbocycles. The predicted octanol–water partition coefficient (Wildman–Crippen LogP) is 5.04. The quantitative estimate of drug-likeness (QED) is 0.708. The van der Waals surface area contributed by atoms with Gasteiger partial charge in [-0.05, 0) is 43.7 Å². The maximum absolute atomic E-state index is 5.83. The molecular weight excluding hydrogens is 294 g/mol. The van der Waals surface area contributed by atoms with Crippen molar-refractivity contribution in [3.8, 4) is 0 Å². The van der Waals surface area contributed by atoms with Gasteiger partial charge in [0.25, 0.3) is 0 Å². The van der Waals surface area contributed by atoms with Gasteiger partial charge in [-0.15, -0.1) is 0 Å². The van der Waals surface area contributed by atoms with Crippen molar-refractivity contribution in [2.24, 2.45) is 0 Å². The smallest absolute Gasteiger partial charge is 0.0576 e.